The van der Waals surface area contributed by atoms with Crippen LogP contribution in [0.3, 0.4) is 0 Å². The van der Waals surface area contributed by atoms with Gasteiger partial charge < -0.3 is 16.0 Å². The number of nitrogens with two attached hydrogens (primary N) is 1. The van der Waals surface area contributed by atoms with Gasteiger partial charge in [-0.15, -0.1) is 0 Å². The standard InChI is InChI=1S/C11H19N3O2/c12-10(15)7-14(9-3-4-13-6-9)11(16)5-8-1-2-8/h8-9,13H,1-7H2,(H2,12,15). The van der Waals surface area contributed by atoms with Gasteiger partial charge in [0, 0.05) is 19.0 Å². The third-order valence-corrected chi connectivity index (χ3v) is 3.28. The van der Waals surface area contributed by atoms with E-state index >= 15 is 0 Å². The quantitative estimate of drug-likeness (QED) is 0.660. The van der Waals surface area contributed by atoms with Gasteiger partial charge in [0.05, 0.1) is 6.54 Å². The van der Waals surface area contributed by atoms with Crippen LogP contribution in [0.15, 0.2) is 0 Å². The maximum absolute atomic E-state index is 12.0. The van der Waals surface area contributed by atoms with Crippen LogP contribution in [0.5, 0.6) is 0 Å². The summed E-state index contributed by atoms with van der Waals surface area (Å²) in [6, 6.07) is 0.152. The minimum absolute atomic E-state index is 0.0674. The monoisotopic (exact) mass is 225 g/mol. The summed E-state index contributed by atoms with van der Waals surface area (Å²) in [5, 5.41) is 3.20. The molecule has 1 heterocycles. The molecule has 2 aliphatic rings. The van der Waals surface area contributed by atoms with E-state index in [0.29, 0.717) is 12.3 Å². The molecule has 1 atom stereocenters. The van der Waals surface area contributed by atoms with Crippen molar-refractivity contribution in [3.8, 4) is 0 Å². The van der Waals surface area contributed by atoms with Gasteiger partial charge in [-0.25, -0.2) is 0 Å². The fourth-order valence-corrected chi connectivity index (χ4v) is 2.18. The van der Waals surface area contributed by atoms with Gasteiger partial charge in [-0.05, 0) is 31.7 Å². The average Bonchev–Trinajstić information content (AvgIpc) is 2.87. The van der Waals surface area contributed by atoms with E-state index in [4.69, 9.17) is 5.73 Å². The van der Waals surface area contributed by atoms with Crippen molar-refractivity contribution in [1.82, 2.24) is 10.2 Å². The fraction of sp³-hybridized carbons (Fsp3) is 0.818. The van der Waals surface area contributed by atoms with Crippen molar-refractivity contribution < 1.29 is 9.59 Å². The molecule has 90 valence electrons. The molecule has 0 aromatic heterocycles. The van der Waals surface area contributed by atoms with Crippen LogP contribution >= 0.6 is 0 Å². The summed E-state index contributed by atoms with van der Waals surface area (Å²) >= 11 is 0. The molecule has 16 heavy (non-hydrogen) atoms. The van der Waals surface area contributed by atoms with Gasteiger partial charge in [0.1, 0.15) is 0 Å². The van der Waals surface area contributed by atoms with Crippen molar-refractivity contribution in [2.45, 2.75) is 31.7 Å². The molecule has 1 saturated heterocycles. The van der Waals surface area contributed by atoms with Crippen LogP contribution in [0.25, 0.3) is 0 Å². The number of amides is 2. The lowest BCUT2D eigenvalue weighted by molar-refractivity contribution is -0.137. The Morgan fingerprint density at radius 3 is 2.56 bits per heavy atom. The lowest BCUT2D eigenvalue weighted by atomic mass is 10.1. The zero-order valence-corrected chi connectivity index (χ0v) is 9.45. The summed E-state index contributed by atoms with van der Waals surface area (Å²) < 4.78 is 0. The first-order valence-corrected chi connectivity index (χ1v) is 5.95. The predicted molar refractivity (Wildman–Crippen MR) is 59.5 cm³/mol. The van der Waals surface area contributed by atoms with Gasteiger partial charge in [-0.2, -0.15) is 0 Å². The summed E-state index contributed by atoms with van der Waals surface area (Å²) in [4.78, 5) is 24.7. The highest BCUT2D eigenvalue weighted by Gasteiger charge is 2.31. The first-order valence-electron chi connectivity index (χ1n) is 5.95. The zero-order valence-electron chi connectivity index (χ0n) is 9.45. The van der Waals surface area contributed by atoms with Crippen LogP contribution in [0.2, 0.25) is 0 Å². The molecule has 1 saturated carbocycles. The number of rotatable bonds is 5. The summed E-state index contributed by atoms with van der Waals surface area (Å²) in [5.74, 6) is 0.225. The van der Waals surface area contributed by atoms with E-state index in [-0.39, 0.29) is 18.5 Å². The highest BCUT2D eigenvalue weighted by atomic mass is 16.2. The molecule has 0 spiro atoms. The molecule has 0 bridgehead atoms. The number of hydrogen-bond donors (Lipinski definition) is 2. The van der Waals surface area contributed by atoms with Crippen LogP contribution in [0, 0.1) is 5.92 Å². The van der Waals surface area contributed by atoms with Crippen LogP contribution in [-0.4, -0.2) is 42.4 Å². The molecule has 0 aromatic carbocycles. The Morgan fingerprint density at radius 1 is 1.31 bits per heavy atom. The minimum atomic E-state index is -0.420. The third-order valence-electron chi connectivity index (χ3n) is 3.28. The van der Waals surface area contributed by atoms with E-state index < -0.39 is 5.91 Å². The predicted octanol–water partition coefficient (Wildman–Crippen LogP) is -0.538. The lowest BCUT2D eigenvalue weighted by Gasteiger charge is -2.27. The number of primary amides is 1. The van der Waals surface area contributed by atoms with Crippen LogP contribution in [-0.2, 0) is 9.59 Å². The number of nitrogens with zero attached hydrogens (tertiary/aromatic N) is 1. The molecule has 0 aromatic rings. The Balaban J connectivity index is 1.93. The maximum Gasteiger partial charge on any atom is 0.237 e. The van der Waals surface area contributed by atoms with E-state index in [0.717, 1.165) is 32.4 Å². The fourth-order valence-electron chi connectivity index (χ4n) is 2.18. The van der Waals surface area contributed by atoms with E-state index in [1.165, 1.54) is 0 Å². The van der Waals surface area contributed by atoms with Gasteiger partial charge in [0.15, 0.2) is 0 Å². The normalized spacial score (nSPS) is 24.4. The number of nitrogens with one attached hydrogen (secondary N) is 1. The van der Waals surface area contributed by atoms with Gasteiger partial charge in [-0.3, -0.25) is 9.59 Å². The Morgan fingerprint density at radius 2 is 2.06 bits per heavy atom. The SMILES string of the molecule is NC(=O)CN(C(=O)CC1CC1)C1CCNC1. The molecule has 0 radical (unpaired) electrons. The van der Waals surface area contributed by atoms with Crippen molar-refractivity contribution >= 4 is 11.8 Å². The van der Waals surface area contributed by atoms with Gasteiger partial charge >= 0.3 is 0 Å². The molecule has 1 aliphatic carbocycles. The summed E-state index contributed by atoms with van der Waals surface area (Å²) in [6.45, 7) is 1.76. The Labute approximate surface area is 95.3 Å². The van der Waals surface area contributed by atoms with E-state index in [9.17, 15) is 9.59 Å². The van der Waals surface area contributed by atoms with Crippen molar-refractivity contribution in [3.05, 3.63) is 0 Å². The van der Waals surface area contributed by atoms with Gasteiger partial charge in [-0.1, -0.05) is 0 Å². The highest BCUT2D eigenvalue weighted by Crippen LogP contribution is 2.33. The van der Waals surface area contributed by atoms with E-state index in [1.54, 1.807) is 4.90 Å². The Bertz CT molecular complexity index is 283. The van der Waals surface area contributed by atoms with Crippen molar-refractivity contribution in [2.24, 2.45) is 11.7 Å². The second-order valence-corrected chi connectivity index (χ2v) is 4.78. The first-order chi connectivity index (χ1) is 7.66. The summed E-state index contributed by atoms with van der Waals surface area (Å²) in [5.41, 5.74) is 5.19. The topological polar surface area (TPSA) is 75.4 Å². The summed E-state index contributed by atoms with van der Waals surface area (Å²) in [7, 11) is 0. The third kappa shape index (κ3) is 2.95. The molecular formula is C11H19N3O2. The highest BCUT2D eigenvalue weighted by molar-refractivity contribution is 5.84. The number of carbonyl (C=O) groups is 2. The molecule has 5 nitrogen and oxygen atoms in total. The number of carbonyl (C=O) groups excluding carboxylic acids is 2. The molecular weight excluding hydrogens is 206 g/mol. The molecule has 2 fully saturated rings. The van der Waals surface area contributed by atoms with Crippen molar-refractivity contribution in [1.29, 1.82) is 0 Å². The second kappa shape index (κ2) is 4.82. The Hall–Kier alpha value is -1.10. The maximum atomic E-state index is 12.0. The second-order valence-electron chi connectivity index (χ2n) is 4.78. The molecule has 2 rings (SSSR count). The molecule has 2 amide bonds. The minimum Gasteiger partial charge on any atom is -0.368 e. The molecule has 1 unspecified atom stereocenters. The average molecular weight is 225 g/mol. The number of hydrogen-bond acceptors (Lipinski definition) is 3. The van der Waals surface area contributed by atoms with Crippen LogP contribution in [0.4, 0.5) is 0 Å². The van der Waals surface area contributed by atoms with Gasteiger partial charge in [0.25, 0.3) is 0 Å². The zero-order chi connectivity index (χ0) is 11.5. The van der Waals surface area contributed by atoms with E-state index in [1.807, 2.05) is 0 Å². The first kappa shape index (κ1) is 11.4. The van der Waals surface area contributed by atoms with Crippen molar-refractivity contribution in [2.75, 3.05) is 19.6 Å². The largest absolute Gasteiger partial charge is 0.368 e. The van der Waals surface area contributed by atoms with Crippen molar-refractivity contribution in [3.63, 3.8) is 0 Å². The van der Waals surface area contributed by atoms with Crippen LogP contribution < -0.4 is 11.1 Å². The van der Waals surface area contributed by atoms with E-state index in [2.05, 4.69) is 5.32 Å². The Kier molecular flexibility index (Phi) is 3.43. The summed E-state index contributed by atoms with van der Waals surface area (Å²) in [6.07, 6.45) is 3.81. The van der Waals surface area contributed by atoms with Gasteiger partial charge in [0.2, 0.25) is 11.8 Å². The van der Waals surface area contributed by atoms with Crippen LogP contribution in [0.1, 0.15) is 25.7 Å². The smallest absolute Gasteiger partial charge is 0.237 e. The molecule has 5 heteroatoms. The lowest BCUT2D eigenvalue weighted by Crippen LogP contribution is -2.46. The molecule has 1 aliphatic heterocycles. The molecule has 3 N–H and O–H groups in total.